The van der Waals surface area contributed by atoms with E-state index in [-0.39, 0.29) is 5.91 Å². The summed E-state index contributed by atoms with van der Waals surface area (Å²) in [5.74, 6) is 0.0149. The summed E-state index contributed by atoms with van der Waals surface area (Å²) in [7, 11) is 1.85. The van der Waals surface area contributed by atoms with E-state index >= 15 is 0 Å². The monoisotopic (exact) mass is 370 g/mol. The van der Waals surface area contributed by atoms with Gasteiger partial charge in [-0.3, -0.25) is 4.79 Å². The molecule has 3 aromatic rings. The number of nitrogens with zero attached hydrogens (tertiary/aromatic N) is 1. The first-order chi connectivity index (χ1) is 11.2. The summed E-state index contributed by atoms with van der Waals surface area (Å²) in [5.41, 5.74) is 2.90. The molecule has 0 bridgehead atoms. The third-order valence-corrected chi connectivity index (χ3v) is 4.83. The van der Waals surface area contributed by atoms with E-state index in [2.05, 4.69) is 33.0 Å². The van der Waals surface area contributed by atoms with Gasteiger partial charge in [-0.05, 0) is 40.4 Å². The Hall–Kier alpha value is -2.07. The molecule has 1 N–H and O–H groups in total. The number of carbonyl (C=O) groups is 1. The molecular weight excluding hydrogens is 352 g/mol. The molecular formula is C19H19BrN2O. The number of halogens is 1. The molecule has 4 heteroatoms. The maximum atomic E-state index is 12.6. The van der Waals surface area contributed by atoms with Crippen molar-refractivity contribution in [1.82, 2.24) is 9.88 Å². The van der Waals surface area contributed by atoms with E-state index in [9.17, 15) is 4.79 Å². The Kier molecular flexibility index (Phi) is 4.82. The van der Waals surface area contributed by atoms with Crippen LogP contribution in [0.15, 0.2) is 59.1 Å². The first kappa shape index (κ1) is 15.8. The lowest BCUT2D eigenvalue weighted by Crippen LogP contribution is -2.28. The largest absolute Gasteiger partial charge is 0.350 e. The van der Waals surface area contributed by atoms with E-state index in [1.807, 2.05) is 49.5 Å². The molecule has 0 aliphatic rings. The van der Waals surface area contributed by atoms with Crippen molar-refractivity contribution in [3.8, 4) is 0 Å². The summed E-state index contributed by atoms with van der Waals surface area (Å²) in [6.07, 6.45) is 1.93. The fourth-order valence-corrected chi connectivity index (χ4v) is 3.33. The summed E-state index contributed by atoms with van der Waals surface area (Å²) in [6.45, 7) is 0.732. The van der Waals surface area contributed by atoms with Crippen molar-refractivity contribution in [2.75, 3.05) is 13.6 Å². The summed E-state index contributed by atoms with van der Waals surface area (Å²) >= 11 is 3.55. The molecule has 2 aromatic carbocycles. The molecule has 23 heavy (non-hydrogen) atoms. The Morgan fingerprint density at radius 3 is 2.52 bits per heavy atom. The average Bonchev–Trinajstić information content (AvgIpc) is 2.92. The summed E-state index contributed by atoms with van der Waals surface area (Å²) in [4.78, 5) is 17.6. The predicted molar refractivity (Wildman–Crippen MR) is 97.7 cm³/mol. The third kappa shape index (κ3) is 3.48. The van der Waals surface area contributed by atoms with E-state index in [4.69, 9.17) is 0 Å². The number of H-pyrrole nitrogens is 1. The Bertz CT molecular complexity index is 811. The Morgan fingerprint density at radius 1 is 1.09 bits per heavy atom. The normalized spacial score (nSPS) is 10.9. The number of nitrogens with one attached hydrogen (secondary N) is 1. The second-order valence-corrected chi connectivity index (χ2v) is 6.47. The highest BCUT2D eigenvalue weighted by molar-refractivity contribution is 9.10. The quantitative estimate of drug-likeness (QED) is 0.697. The zero-order valence-electron chi connectivity index (χ0n) is 13.1. The number of hydrogen-bond donors (Lipinski definition) is 1. The smallest absolute Gasteiger partial charge is 0.271 e. The van der Waals surface area contributed by atoms with Crippen LogP contribution in [0, 0.1) is 0 Å². The van der Waals surface area contributed by atoms with Crippen molar-refractivity contribution in [2.45, 2.75) is 12.8 Å². The molecule has 3 nitrogen and oxygen atoms in total. The van der Waals surface area contributed by atoms with Gasteiger partial charge in [-0.15, -0.1) is 0 Å². The van der Waals surface area contributed by atoms with Crippen LogP contribution in [0.4, 0.5) is 0 Å². The van der Waals surface area contributed by atoms with E-state index in [0.29, 0.717) is 5.69 Å². The highest BCUT2D eigenvalue weighted by Gasteiger charge is 2.18. The van der Waals surface area contributed by atoms with Crippen LogP contribution >= 0.6 is 15.9 Å². The molecule has 0 unspecified atom stereocenters. The molecule has 0 radical (unpaired) electrons. The Balaban J connectivity index is 1.65. The maximum absolute atomic E-state index is 12.6. The molecule has 0 aliphatic carbocycles. The van der Waals surface area contributed by atoms with Crippen LogP contribution in [0.2, 0.25) is 0 Å². The molecule has 0 saturated carbocycles. The van der Waals surface area contributed by atoms with Gasteiger partial charge in [-0.25, -0.2) is 0 Å². The number of carbonyl (C=O) groups excluding carboxylic acids is 1. The van der Waals surface area contributed by atoms with E-state index in [1.54, 1.807) is 4.90 Å². The van der Waals surface area contributed by atoms with Gasteiger partial charge in [0.2, 0.25) is 0 Å². The van der Waals surface area contributed by atoms with Crippen LogP contribution in [0.25, 0.3) is 10.9 Å². The molecule has 0 saturated heterocycles. The molecule has 1 aromatic heterocycles. The highest BCUT2D eigenvalue weighted by atomic mass is 79.9. The number of para-hydroxylation sites is 1. The Morgan fingerprint density at radius 2 is 1.78 bits per heavy atom. The van der Waals surface area contributed by atoms with Crippen LogP contribution in [-0.2, 0) is 6.42 Å². The minimum Gasteiger partial charge on any atom is -0.350 e. The zero-order valence-corrected chi connectivity index (χ0v) is 14.6. The van der Waals surface area contributed by atoms with Crippen molar-refractivity contribution in [1.29, 1.82) is 0 Å². The number of amides is 1. The van der Waals surface area contributed by atoms with E-state index < -0.39 is 0 Å². The summed E-state index contributed by atoms with van der Waals surface area (Å²) < 4.78 is 0.841. The third-order valence-electron chi connectivity index (χ3n) is 4.01. The number of aromatic amines is 1. The molecule has 0 spiro atoms. The molecule has 1 amide bonds. The lowest BCUT2D eigenvalue weighted by atomic mass is 10.1. The van der Waals surface area contributed by atoms with Crippen molar-refractivity contribution in [2.24, 2.45) is 0 Å². The van der Waals surface area contributed by atoms with Gasteiger partial charge in [0.25, 0.3) is 5.91 Å². The summed E-state index contributed by atoms with van der Waals surface area (Å²) in [5, 5.41) is 1.04. The SMILES string of the molecule is CN(CCCc1ccccc1)C(=O)c1[nH]c2ccccc2c1Br. The second-order valence-electron chi connectivity index (χ2n) is 5.68. The highest BCUT2D eigenvalue weighted by Crippen LogP contribution is 2.28. The molecule has 3 rings (SSSR count). The van der Waals surface area contributed by atoms with Gasteiger partial charge in [0, 0.05) is 24.5 Å². The number of benzene rings is 2. The number of rotatable bonds is 5. The van der Waals surface area contributed by atoms with Crippen LogP contribution in [0.3, 0.4) is 0 Å². The molecule has 0 aliphatic heterocycles. The molecule has 118 valence electrons. The van der Waals surface area contributed by atoms with Gasteiger partial charge < -0.3 is 9.88 Å². The van der Waals surface area contributed by atoms with Crippen molar-refractivity contribution < 1.29 is 4.79 Å². The van der Waals surface area contributed by atoms with Gasteiger partial charge in [-0.2, -0.15) is 0 Å². The van der Waals surface area contributed by atoms with Crippen LogP contribution < -0.4 is 0 Å². The van der Waals surface area contributed by atoms with Gasteiger partial charge in [-0.1, -0.05) is 48.5 Å². The minimum atomic E-state index is 0.0149. The Labute approximate surface area is 144 Å². The average molecular weight is 371 g/mol. The fourth-order valence-electron chi connectivity index (χ4n) is 2.71. The first-order valence-corrected chi connectivity index (χ1v) is 8.51. The minimum absolute atomic E-state index is 0.0149. The topological polar surface area (TPSA) is 36.1 Å². The van der Waals surface area contributed by atoms with Gasteiger partial charge in [0.1, 0.15) is 5.69 Å². The van der Waals surface area contributed by atoms with Gasteiger partial charge in [0.15, 0.2) is 0 Å². The summed E-state index contributed by atoms with van der Waals surface area (Å²) in [6, 6.07) is 18.3. The molecule has 1 heterocycles. The maximum Gasteiger partial charge on any atom is 0.271 e. The number of aromatic nitrogens is 1. The second kappa shape index (κ2) is 7.01. The van der Waals surface area contributed by atoms with E-state index in [0.717, 1.165) is 34.8 Å². The lowest BCUT2D eigenvalue weighted by molar-refractivity contribution is 0.0788. The fraction of sp³-hybridized carbons (Fsp3) is 0.211. The number of hydrogen-bond acceptors (Lipinski definition) is 1. The van der Waals surface area contributed by atoms with Gasteiger partial charge >= 0.3 is 0 Å². The zero-order chi connectivity index (χ0) is 16.2. The lowest BCUT2D eigenvalue weighted by Gasteiger charge is -2.16. The van der Waals surface area contributed by atoms with Crippen LogP contribution in [0.1, 0.15) is 22.5 Å². The predicted octanol–water partition coefficient (Wildman–Crippen LogP) is 4.64. The number of fused-ring (bicyclic) bond motifs is 1. The van der Waals surface area contributed by atoms with Crippen molar-refractivity contribution in [3.63, 3.8) is 0 Å². The number of aryl methyl sites for hydroxylation is 1. The van der Waals surface area contributed by atoms with Crippen LogP contribution in [0.5, 0.6) is 0 Å². The van der Waals surface area contributed by atoms with E-state index in [1.165, 1.54) is 5.56 Å². The standard InChI is InChI=1S/C19H19BrN2O/c1-22(13-7-10-14-8-3-2-4-9-14)19(23)18-17(20)15-11-5-6-12-16(15)21-18/h2-6,8-9,11-12,21H,7,10,13H2,1H3. The molecule has 0 fully saturated rings. The van der Waals surface area contributed by atoms with Gasteiger partial charge in [0.05, 0.1) is 4.47 Å². The first-order valence-electron chi connectivity index (χ1n) is 7.72. The van der Waals surface area contributed by atoms with Crippen molar-refractivity contribution >= 4 is 32.7 Å². The van der Waals surface area contributed by atoms with Crippen LogP contribution in [-0.4, -0.2) is 29.4 Å². The van der Waals surface area contributed by atoms with Crippen molar-refractivity contribution in [3.05, 3.63) is 70.3 Å². The molecule has 0 atom stereocenters.